The molecule has 2 aromatic carbocycles. The van der Waals surface area contributed by atoms with E-state index in [1.165, 1.54) is 16.7 Å². The molecule has 1 aliphatic carbocycles. The van der Waals surface area contributed by atoms with E-state index in [2.05, 4.69) is 36.4 Å². The molecule has 0 spiro atoms. The minimum absolute atomic E-state index is 0.426. The molecule has 1 aliphatic rings. The highest BCUT2D eigenvalue weighted by Crippen LogP contribution is 2.37. The minimum atomic E-state index is 0.426. The Hall–Kier alpha value is -2.09. The Kier molecular flexibility index (Phi) is 5.12. The van der Waals surface area contributed by atoms with Crippen molar-refractivity contribution < 1.29 is 9.13 Å². The van der Waals surface area contributed by atoms with Crippen molar-refractivity contribution in [3.05, 3.63) is 66.5 Å². The maximum absolute atomic E-state index is 12.3. The molecule has 23 heavy (non-hydrogen) atoms. The molecule has 0 aromatic heterocycles. The van der Waals surface area contributed by atoms with Crippen LogP contribution in [0, 0.1) is 5.92 Å². The van der Waals surface area contributed by atoms with Crippen LogP contribution in [0.2, 0.25) is 0 Å². The SMILES string of the molecule is COc1ccc(-c2ccc(C3CCC(C=CF)CC3)cc2)cc1. The quantitative estimate of drug-likeness (QED) is 0.661. The Morgan fingerprint density at radius 3 is 1.96 bits per heavy atom. The van der Waals surface area contributed by atoms with Crippen LogP contribution in [0.5, 0.6) is 5.75 Å². The molecule has 0 N–H and O–H groups in total. The average Bonchev–Trinajstić information content (AvgIpc) is 2.63. The smallest absolute Gasteiger partial charge is 0.118 e. The lowest BCUT2D eigenvalue weighted by molar-refractivity contribution is 0.373. The first-order valence-electron chi connectivity index (χ1n) is 8.31. The van der Waals surface area contributed by atoms with Gasteiger partial charge >= 0.3 is 0 Å². The zero-order valence-electron chi connectivity index (χ0n) is 13.5. The zero-order valence-corrected chi connectivity index (χ0v) is 13.5. The second kappa shape index (κ2) is 7.45. The molecule has 2 heteroatoms. The maximum Gasteiger partial charge on any atom is 0.118 e. The van der Waals surface area contributed by atoms with Crippen LogP contribution in [0.3, 0.4) is 0 Å². The van der Waals surface area contributed by atoms with Crippen LogP contribution in [-0.2, 0) is 0 Å². The minimum Gasteiger partial charge on any atom is -0.497 e. The summed E-state index contributed by atoms with van der Waals surface area (Å²) in [6.45, 7) is 0. The second-order valence-electron chi connectivity index (χ2n) is 6.28. The lowest BCUT2D eigenvalue weighted by Crippen LogP contribution is -2.11. The van der Waals surface area contributed by atoms with Gasteiger partial charge in [-0.3, -0.25) is 0 Å². The van der Waals surface area contributed by atoms with Gasteiger partial charge in [-0.05, 0) is 66.3 Å². The van der Waals surface area contributed by atoms with Crippen molar-refractivity contribution in [2.45, 2.75) is 31.6 Å². The van der Waals surface area contributed by atoms with E-state index in [9.17, 15) is 4.39 Å². The van der Waals surface area contributed by atoms with E-state index in [0.29, 0.717) is 18.2 Å². The Labute approximate surface area is 137 Å². The number of allylic oxidation sites excluding steroid dienone is 1. The number of methoxy groups -OCH3 is 1. The normalized spacial score (nSPS) is 21.5. The van der Waals surface area contributed by atoms with Gasteiger partial charge in [0, 0.05) is 0 Å². The third kappa shape index (κ3) is 3.82. The first-order valence-corrected chi connectivity index (χ1v) is 8.31. The van der Waals surface area contributed by atoms with E-state index in [4.69, 9.17) is 4.74 Å². The van der Waals surface area contributed by atoms with Gasteiger partial charge in [-0.2, -0.15) is 0 Å². The van der Waals surface area contributed by atoms with Crippen LogP contribution in [-0.4, -0.2) is 7.11 Å². The predicted molar refractivity (Wildman–Crippen MR) is 93.4 cm³/mol. The van der Waals surface area contributed by atoms with E-state index >= 15 is 0 Å². The first-order chi connectivity index (χ1) is 11.3. The van der Waals surface area contributed by atoms with Gasteiger partial charge in [-0.15, -0.1) is 0 Å². The van der Waals surface area contributed by atoms with Crippen LogP contribution in [0.15, 0.2) is 60.9 Å². The van der Waals surface area contributed by atoms with Crippen molar-refractivity contribution in [1.29, 1.82) is 0 Å². The Morgan fingerprint density at radius 1 is 0.870 bits per heavy atom. The number of halogens is 1. The fraction of sp³-hybridized carbons (Fsp3) is 0.333. The Morgan fingerprint density at radius 2 is 1.43 bits per heavy atom. The van der Waals surface area contributed by atoms with Gasteiger partial charge in [0.05, 0.1) is 13.4 Å². The van der Waals surface area contributed by atoms with Gasteiger partial charge in [0.15, 0.2) is 0 Å². The van der Waals surface area contributed by atoms with Crippen molar-refractivity contribution in [1.82, 2.24) is 0 Å². The van der Waals surface area contributed by atoms with Crippen LogP contribution in [0.1, 0.15) is 37.2 Å². The highest BCUT2D eigenvalue weighted by molar-refractivity contribution is 5.64. The van der Waals surface area contributed by atoms with Gasteiger partial charge in [0.2, 0.25) is 0 Å². The second-order valence-corrected chi connectivity index (χ2v) is 6.28. The molecule has 1 saturated carbocycles. The van der Waals surface area contributed by atoms with E-state index < -0.39 is 0 Å². The van der Waals surface area contributed by atoms with Gasteiger partial charge < -0.3 is 4.74 Å². The molecule has 2 aromatic rings. The summed E-state index contributed by atoms with van der Waals surface area (Å²) >= 11 is 0. The van der Waals surface area contributed by atoms with E-state index in [1.54, 1.807) is 13.2 Å². The van der Waals surface area contributed by atoms with Crippen molar-refractivity contribution >= 4 is 0 Å². The third-order valence-electron chi connectivity index (χ3n) is 4.92. The van der Waals surface area contributed by atoms with Crippen LogP contribution in [0.25, 0.3) is 11.1 Å². The van der Waals surface area contributed by atoms with Crippen LogP contribution < -0.4 is 4.74 Å². The summed E-state index contributed by atoms with van der Waals surface area (Å²) in [6, 6.07) is 17.0. The molecular formula is C21H23FO. The molecule has 0 saturated heterocycles. The molecule has 0 unspecified atom stereocenters. The first kappa shape index (κ1) is 15.8. The van der Waals surface area contributed by atoms with E-state index in [0.717, 1.165) is 31.4 Å². The molecular weight excluding hydrogens is 287 g/mol. The largest absolute Gasteiger partial charge is 0.497 e. The summed E-state index contributed by atoms with van der Waals surface area (Å²) in [7, 11) is 1.68. The maximum atomic E-state index is 12.3. The van der Waals surface area contributed by atoms with E-state index in [-0.39, 0.29) is 0 Å². The summed E-state index contributed by atoms with van der Waals surface area (Å²) in [5.41, 5.74) is 3.84. The van der Waals surface area contributed by atoms with Gasteiger partial charge in [-0.1, -0.05) is 42.5 Å². The van der Waals surface area contributed by atoms with Crippen LogP contribution in [0.4, 0.5) is 4.39 Å². The highest BCUT2D eigenvalue weighted by atomic mass is 19.1. The highest BCUT2D eigenvalue weighted by Gasteiger charge is 2.20. The predicted octanol–water partition coefficient (Wildman–Crippen LogP) is 6.12. The summed E-state index contributed by atoms with van der Waals surface area (Å²) < 4.78 is 17.5. The monoisotopic (exact) mass is 310 g/mol. The summed E-state index contributed by atoms with van der Waals surface area (Å²) in [4.78, 5) is 0. The number of benzene rings is 2. The fourth-order valence-electron chi connectivity index (χ4n) is 3.48. The molecule has 0 bridgehead atoms. The van der Waals surface area contributed by atoms with E-state index in [1.807, 2.05) is 12.1 Å². The summed E-state index contributed by atoms with van der Waals surface area (Å²) in [5.74, 6) is 1.92. The fourth-order valence-corrected chi connectivity index (χ4v) is 3.48. The Balaban J connectivity index is 1.67. The molecule has 0 heterocycles. The molecule has 120 valence electrons. The molecule has 0 radical (unpaired) electrons. The number of hydrogen-bond donors (Lipinski definition) is 0. The van der Waals surface area contributed by atoms with Crippen molar-refractivity contribution in [3.8, 4) is 16.9 Å². The average molecular weight is 310 g/mol. The molecule has 0 aliphatic heterocycles. The van der Waals surface area contributed by atoms with Gasteiger partial charge in [0.1, 0.15) is 5.75 Å². The lowest BCUT2D eigenvalue weighted by Gasteiger charge is -2.27. The third-order valence-corrected chi connectivity index (χ3v) is 4.92. The molecule has 1 nitrogen and oxygen atoms in total. The lowest BCUT2D eigenvalue weighted by atomic mass is 9.78. The molecule has 0 atom stereocenters. The molecule has 0 amide bonds. The zero-order chi connectivity index (χ0) is 16.1. The number of rotatable bonds is 4. The molecule has 1 fully saturated rings. The number of ether oxygens (including phenoxy) is 1. The van der Waals surface area contributed by atoms with Crippen molar-refractivity contribution in [2.24, 2.45) is 5.92 Å². The Bertz CT molecular complexity index is 635. The van der Waals surface area contributed by atoms with Crippen molar-refractivity contribution in [2.75, 3.05) is 7.11 Å². The number of hydrogen-bond acceptors (Lipinski definition) is 1. The molecule has 3 rings (SSSR count). The standard InChI is InChI=1S/C21H23FO/c1-23-21-12-10-20(11-13-21)19-8-6-18(7-9-19)17-4-2-16(3-5-17)14-15-22/h6-17H,2-5H2,1H3. The summed E-state index contributed by atoms with van der Waals surface area (Å²) in [5, 5.41) is 0. The summed E-state index contributed by atoms with van der Waals surface area (Å²) in [6.07, 6.45) is 6.89. The van der Waals surface area contributed by atoms with Crippen LogP contribution >= 0.6 is 0 Å². The van der Waals surface area contributed by atoms with Crippen molar-refractivity contribution in [3.63, 3.8) is 0 Å². The van der Waals surface area contributed by atoms with Gasteiger partial charge in [0.25, 0.3) is 0 Å². The topological polar surface area (TPSA) is 9.23 Å². The van der Waals surface area contributed by atoms with Gasteiger partial charge in [-0.25, -0.2) is 4.39 Å².